The maximum atomic E-state index is 4.58. The van der Waals surface area contributed by atoms with Gasteiger partial charge in [-0.1, -0.05) is 12.8 Å². The molecule has 0 aromatic carbocycles. The molecule has 2 heterocycles. The summed E-state index contributed by atoms with van der Waals surface area (Å²) in [5.74, 6) is 1.24. The lowest BCUT2D eigenvalue weighted by Crippen LogP contribution is -2.44. The molecule has 0 saturated carbocycles. The Labute approximate surface area is 103 Å². The number of hydrogen-bond acceptors (Lipinski definition) is 3. The van der Waals surface area contributed by atoms with Crippen LogP contribution in [0.5, 0.6) is 0 Å². The number of aromatic nitrogens is 2. The maximum Gasteiger partial charge on any atom is 0.153 e. The van der Waals surface area contributed by atoms with Crippen LogP contribution in [-0.2, 0) is 12.8 Å². The van der Waals surface area contributed by atoms with E-state index in [4.69, 9.17) is 0 Å². The summed E-state index contributed by atoms with van der Waals surface area (Å²) in [5, 5.41) is 11.3. The number of anilines is 1. The molecule has 1 aromatic rings. The minimum absolute atomic E-state index is 1.08. The van der Waals surface area contributed by atoms with Gasteiger partial charge in [0.25, 0.3) is 0 Å². The van der Waals surface area contributed by atoms with Gasteiger partial charge in [-0.2, -0.15) is 5.10 Å². The zero-order chi connectivity index (χ0) is 11.5. The molecule has 2 aliphatic rings. The topological polar surface area (TPSA) is 44.0 Å². The Balaban J connectivity index is 1.83. The summed E-state index contributed by atoms with van der Waals surface area (Å²) in [6.07, 6.45) is 7.80. The van der Waals surface area contributed by atoms with Crippen molar-refractivity contribution in [3.8, 4) is 0 Å². The molecule has 0 unspecified atom stereocenters. The van der Waals surface area contributed by atoms with Crippen molar-refractivity contribution in [3.05, 3.63) is 11.3 Å². The van der Waals surface area contributed by atoms with Crippen molar-refractivity contribution in [1.82, 2.24) is 15.5 Å². The van der Waals surface area contributed by atoms with Gasteiger partial charge < -0.3 is 10.2 Å². The van der Waals surface area contributed by atoms with Gasteiger partial charge in [0.2, 0.25) is 0 Å². The van der Waals surface area contributed by atoms with E-state index in [1.165, 1.54) is 55.6 Å². The van der Waals surface area contributed by atoms with Gasteiger partial charge in [-0.05, 0) is 25.7 Å². The van der Waals surface area contributed by atoms with E-state index in [2.05, 4.69) is 20.4 Å². The Morgan fingerprint density at radius 1 is 0.941 bits per heavy atom. The highest BCUT2D eigenvalue weighted by Gasteiger charge is 2.20. The lowest BCUT2D eigenvalue weighted by atomic mass is 9.98. The summed E-state index contributed by atoms with van der Waals surface area (Å²) in [4.78, 5) is 2.44. The van der Waals surface area contributed by atoms with Crippen molar-refractivity contribution in [3.63, 3.8) is 0 Å². The van der Waals surface area contributed by atoms with Crippen molar-refractivity contribution in [1.29, 1.82) is 0 Å². The number of hydrogen-bond donors (Lipinski definition) is 2. The number of nitrogens with zero attached hydrogens (tertiary/aromatic N) is 2. The summed E-state index contributed by atoms with van der Waals surface area (Å²) in [5.41, 5.74) is 2.91. The lowest BCUT2D eigenvalue weighted by Gasteiger charge is -2.28. The Bertz CT molecular complexity index is 365. The fourth-order valence-electron chi connectivity index (χ4n) is 2.96. The normalized spacial score (nSPS) is 21.8. The van der Waals surface area contributed by atoms with Crippen LogP contribution < -0.4 is 10.2 Å². The molecule has 1 aliphatic carbocycles. The summed E-state index contributed by atoms with van der Waals surface area (Å²) in [7, 11) is 0. The van der Waals surface area contributed by atoms with Gasteiger partial charge in [-0.25, -0.2) is 0 Å². The third-order valence-corrected chi connectivity index (χ3v) is 3.95. The van der Waals surface area contributed by atoms with Gasteiger partial charge in [-0.3, -0.25) is 5.10 Å². The molecule has 1 fully saturated rings. The zero-order valence-electron chi connectivity index (χ0n) is 10.5. The first kappa shape index (κ1) is 11.1. The van der Waals surface area contributed by atoms with Gasteiger partial charge in [0.15, 0.2) is 5.82 Å². The molecule has 0 radical (unpaired) electrons. The fraction of sp³-hybridized carbons (Fsp3) is 0.769. The molecule has 0 atom stereocenters. The molecule has 2 N–H and O–H groups in total. The van der Waals surface area contributed by atoms with E-state index in [1.54, 1.807) is 0 Å². The van der Waals surface area contributed by atoms with Crippen LogP contribution in [0.1, 0.15) is 36.9 Å². The predicted molar refractivity (Wildman–Crippen MR) is 69.5 cm³/mol. The van der Waals surface area contributed by atoms with Crippen molar-refractivity contribution in [2.75, 3.05) is 31.1 Å². The van der Waals surface area contributed by atoms with Crippen LogP contribution in [0.25, 0.3) is 0 Å². The second kappa shape index (κ2) is 5.08. The largest absolute Gasteiger partial charge is 0.352 e. The van der Waals surface area contributed by atoms with Gasteiger partial charge in [0.1, 0.15) is 0 Å². The first-order chi connectivity index (χ1) is 8.45. The summed E-state index contributed by atoms with van der Waals surface area (Å²) in [6, 6.07) is 0. The van der Waals surface area contributed by atoms with Crippen LogP contribution in [0.2, 0.25) is 0 Å². The SMILES string of the molecule is C1CCCc2c(N3CCNCC3)n[nH]c2CC1. The van der Waals surface area contributed by atoms with Crippen molar-refractivity contribution in [2.45, 2.75) is 38.5 Å². The van der Waals surface area contributed by atoms with Gasteiger partial charge >= 0.3 is 0 Å². The maximum absolute atomic E-state index is 4.58. The minimum Gasteiger partial charge on any atom is -0.352 e. The highest BCUT2D eigenvalue weighted by atomic mass is 15.3. The Morgan fingerprint density at radius 2 is 1.71 bits per heavy atom. The quantitative estimate of drug-likeness (QED) is 0.773. The molecule has 17 heavy (non-hydrogen) atoms. The predicted octanol–water partition coefficient (Wildman–Crippen LogP) is 1.48. The van der Waals surface area contributed by atoms with Crippen molar-refractivity contribution < 1.29 is 0 Å². The van der Waals surface area contributed by atoms with Gasteiger partial charge in [-0.15, -0.1) is 0 Å². The second-order valence-corrected chi connectivity index (χ2v) is 5.16. The minimum atomic E-state index is 1.08. The first-order valence-corrected chi connectivity index (χ1v) is 6.97. The summed E-state index contributed by atoms with van der Waals surface area (Å²) in [6.45, 7) is 4.36. The number of fused-ring (bicyclic) bond motifs is 1. The van der Waals surface area contributed by atoms with E-state index >= 15 is 0 Å². The van der Waals surface area contributed by atoms with Crippen molar-refractivity contribution >= 4 is 5.82 Å². The smallest absolute Gasteiger partial charge is 0.153 e. The number of H-pyrrole nitrogens is 1. The highest BCUT2D eigenvalue weighted by Crippen LogP contribution is 2.27. The average Bonchev–Trinajstić information content (AvgIpc) is 2.72. The molecule has 94 valence electrons. The van der Waals surface area contributed by atoms with E-state index < -0.39 is 0 Å². The molecule has 4 nitrogen and oxygen atoms in total. The van der Waals surface area contributed by atoms with Crippen molar-refractivity contribution in [2.24, 2.45) is 0 Å². The molecule has 4 heteroatoms. The summed E-state index contributed by atoms with van der Waals surface area (Å²) >= 11 is 0. The van der Waals surface area contributed by atoms with Crippen LogP contribution in [0.4, 0.5) is 5.82 Å². The molecular weight excluding hydrogens is 212 g/mol. The number of aryl methyl sites for hydroxylation is 1. The summed E-state index contributed by atoms with van der Waals surface area (Å²) < 4.78 is 0. The molecular formula is C13H22N4. The number of aromatic amines is 1. The van der Waals surface area contributed by atoms with Crippen LogP contribution in [0.15, 0.2) is 0 Å². The highest BCUT2D eigenvalue weighted by molar-refractivity contribution is 5.50. The van der Waals surface area contributed by atoms with Crippen LogP contribution in [0.3, 0.4) is 0 Å². The Hall–Kier alpha value is -1.03. The molecule has 0 amide bonds. The number of rotatable bonds is 1. The second-order valence-electron chi connectivity index (χ2n) is 5.16. The van der Waals surface area contributed by atoms with Crippen LogP contribution >= 0.6 is 0 Å². The molecule has 0 bridgehead atoms. The molecule has 1 saturated heterocycles. The van der Waals surface area contributed by atoms with E-state index in [0.717, 1.165) is 26.2 Å². The fourth-order valence-corrected chi connectivity index (χ4v) is 2.96. The van der Waals surface area contributed by atoms with Crippen LogP contribution in [-0.4, -0.2) is 36.4 Å². The van der Waals surface area contributed by atoms with Crippen LogP contribution in [0, 0.1) is 0 Å². The number of piperazine rings is 1. The standard InChI is InChI=1S/C13H22N4/c1-2-4-6-12-11(5-3-1)13(16-15-12)17-9-7-14-8-10-17/h14H,1-10H2,(H,15,16). The number of nitrogens with one attached hydrogen (secondary N) is 2. The van der Waals surface area contributed by atoms with E-state index in [0.29, 0.717) is 0 Å². The molecule has 0 spiro atoms. The Kier molecular flexibility index (Phi) is 3.31. The monoisotopic (exact) mass is 234 g/mol. The lowest BCUT2D eigenvalue weighted by molar-refractivity contribution is 0.580. The van der Waals surface area contributed by atoms with E-state index in [-0.39, 0.29) is 0 Å². The van der Waals surface area contributed by atoms with Gasteiger partial charge in [0.05, 0.1) is 0 Å². The third kappa shape index (κ3) is 2.32. The first-order valence-electron chi connectivity index (χ1n) is 6.97. The molecule has 1 aliphatic heterocycles. The third-order valence-electron chi connectivity index (χ3n) is 3.95. The van der Waals surface area contributed by atoms with Gasteiger partial charge in [0, 0.05) is 37.4 Å². The van der Waals surface area contributed by atoms with E-state index in [1.807, 2.05) is 0 Å². The average molecular weight is 234 g/mol. The molecule has 3 rings (SSSR count). The zero-order valence-corrected chi connectivity index (χ0v) is 10.5. The molecule has 1 aromatic heterocycles. The van der Waals surface area contributed by atoms with E-state index in [9.17, 15) is 0 Å². The Morgan fingerprint density at radius 3 is 2.53 bits per heavy atom.